The van der Waals surface area contributed by atoms with Gasteiger partial charge in [-0.05, 0) is 38.8 Å². The largest absolute Gasteiger partial charge is 0.495 e. The highest BCUT2D eigenvalue weighted by Crippen LogP contribution is 2.43. The molecule has 0 unspecified atom stereocenters. The summed E-state index contributed by atoms with van der Waals surface area (Å²) in [5.74, 6) is -0.0702. The van der Waals surface area contributed by atoms with Crippen molar-refractivity contribution < 1.29 is 14.3 Å². The van der Waals surface area contributed by atoms with Crippen LogP contribution in [0, 0.1) is 11.8 Å². The van der Waals surface area contributed by atoms with Gasteiger partial charge in [-0.3, -0.25) is 9.59 Å². The van der Waals surface area contributed by atoms with E-state index >= 15 is 0 Å². The number of imide groups is 1. The molecule has 2 atom stereocenters. The highest BCUT2D eigenvalue weighted by Gasteiger charge is 2.50. The van der Waals surface area contributed by atoms with Crippen molar-refractivity contribution in [3.05, 3.63) is 35.4 Å². The summed E-state index contributed by atoms with van der Waals surface area (Å²) in [6.07, 6.45) is 1.37. The van der Waals surface area contributed by atoms with Crippen molar-refractivity contribution >= 4 is 17.5 Å². The van der Waals surface area contributed by atoms with Crippen LogP contribution in [0.2, 0.25) is 0 Å². The molecule has 21 heavy (non-hydrogen) atoms. The zero-order valence-electron chi connectivity index (χ0n) is 12.6. The first-order valence-corrected chi connectivity index (χ1v) is 7.20. The van der Waals surface area contributed by atoms with Crippen molar-refractivity contribution in [3.8, 4) is 5.75 Å². The van der Waals surface area contributed by atoms with Gasteiger partial charge in [0.25, 0.3) is 0 Å². The summed E-state index contributed by atoms with van der Waals surface area (Å²) in [6.45, 7) is 4.10. The number of hydrogen-bond donors (Lipinski definition) is 0. The number of methoxy groups -OCH3 is 1. The minimum atomic E-state index is -0.217. The first kappa shape index (κ1) is 13.9. The number of hydrogen-bond acceptors (Lipinski definition) is 3. The highest BCUT2D eigenvalue weighted by molar-refractivity contribution is 6.23. The van der Waals surface area contributed by atoms with Gasteiger partial charge in [-0.15, -0.1) is 0 Å². The second-order valence-electron chi connectivity index (χ2n) is 5.87. The topological polar surface area (TPSA) is 46.6 Å². The fourth-order valence-electron chi connectivity index (χ4n) is 3.30. The van der Waals surface area contributed by atoms with Crippen LogP contribution in [0.15, 0.2) is 35.4 Å². The van der Waals surface area contributed by atoms with E-state index in [0.717, 1.165) is 0 Å². The smallest absolute Gasteiger partial charge is 0.238 e. The molecule has 4 nitrogen and oxygen atoms in total. The molecule has 2 amide bonds. The molecule has 1 aliphatic heterocycles. The Labute approximate surface area is 124 Å². The number of fused-ring (bicyclic) bond motifs is 1. The first-order valence-electron chi connectivity index (χ1n) is 7.20. The molecule has 1 saturated heterocycles. The third-order valence-corrected chi connectivity index (χ3v) is 4.67. The van der Waals surface area contributed by atoms with E-state index < -0.39 is 0 Å². The van der Waals surface area contributed by atoms with E-state index in [1.807, 2.05) is 12.1 Å². The van der Waals surface area contributed by atoms with Gasteiger partial charge in [-0.2, -0.15) is 0 Å². The average molecular weight is 285 g/mol. The molecule has 0 aromatic heterocycles. The molecule has 1 fully saturated rings. The number of anilines is 1. The maximum atomic E-state index is 12.7. The number of ether oxygens (including phenoxy) is 1. The minimum absolute atomic E-state index is 0.0960. The average Bonchev–Trinajstić information content (AvgIpc) is 2.71. The monoisotopic (exact) mass is 285 g/mol. The third-order valence-electron chi connectivity index (χ3n) is 4.67. The fourth-order valence-corrected chi connectivity index (χ4v) is 3.30. The lowest BCUT2D eigenvalue weighted by Crippen LogP contribution is -2.31. The Hall–Kier alpha value is -2.10. The lowest BCUT2D eigenvalue weighted by atomic mass is 9.78. The highest BCUT2D eigenvalue weighted by atomic mass is 16.5. The van der Waals surface area contributed by atoms with Gasteiger partial charge in [0.05, 0.1) is 24.6 Å². The minimum Gasteiger partial charge on any atom is -0.495 e. The molecular formula is C17H19NO3. The van der Waals surface area contributed by atoms with Gasteiger partial charge in [0.2, 0.25) is 11.8 Å². The predicted octanol–water partition coefficient (Wildman–Crippen LogP) is 2.93. The molecule has 110 valence electrons. The molecule has 0 bridgehead atoms. The van der Waals surface area contributed by atoms with Crippen LogP contribution in [0.4, 0.5) is 5.69 Å². The number of carbonyl (C=O) groups excluding carboxylic acids is 2. The SMILES string of the molecule is COc1ccccc1N1C(=O)[C@H]2CC(C)=C(C)C[C@H]2C1=O. The Kier molecular flexibility index (Phi) is 3.32. The van der Waals surface area contributed by atoms with Crippen LogP contribution in [-0.2, 0) is 9.59 Å². The molecule has 1 heterocycles. The number of allylic oxidation sites excluding steroid dienone is 2. The molecule has 0 N–H and O–H groups in total. The van der Waals surface area contributed by atoms with Crippen LogP contribution >= 0.6 is 0 Å². The lowest BCUT2D eigenvalue weighted by Gasteiger charge is -2.23. The van der Waals surface area contributed by atoms with E-state index in [9.17, 15) is 9.59 Å². The second-order valence-corrected chi connectivity index (χ2v) is 5.87. The van der Waals surface area contributed by atoms with Gasteiger partial charge in [-0.25, -0.2) is 4.90 Å². The van der Waals surface area contributed by atoms with Gasteiger partial charge >= 0.3 is 0 Å². The maximum absolute atomic E-state index is 12.7. The fraction of sp³-hybridized carbons (Fsp3) is 0.412. The van der Waals surface area contributed by atoms with E-state index in [-0.39, 0.29) is 23.7 Å². The van der Waals surface area contributed by atoms with Crippen LogP contribution in [0.5, 0.6) is 5.75 Å². The number of benzene rings is 1. The number of rotatable bonds is 2. The van der Waals surface area contributed by atoms with Crippen molar-refractivity contribution in [2.75, 3.05) is 12.0 Å². The quantitative estimate of drug-likeness (QED) is 0.620. The van der Waals surface area contributed by atoms with Gasteiger partial charge in [-0.1, -0.05) is 23.3 Å². The summed E-state index contributed by atoms with van der Waals surface area (Å²) in [4.78, 5) is 26.7. The molecule has 1 aliphatic carbocycles. The predicted molar refractivity (Wildman–Crippen MR) is 80.1 cm³/mol. The number of nitrogens with zero attached hydrogens (tertiary/aromatic N) is 1. The summed E-state index contributed by atoms with van der Waals surface area (Å²) >= 11 is 0. The normalized spacial score (nSPS) is 25.4. The summed E-state index contributed by atoms with van der Waals surface area (Å²) in [5.41, 5.74) is 3.03. The van der Waals surface area contributed by atoms with Crippen LogP contribution in [-0.4, -0.2) is 18.9 Å². The summed E-state index contributed by atoms with van der Waals surface area (Å²) in [7, 11) is 1.55. The molecule has 3 rings (SSSR count). The van der Waals surface area contributed by atoms with Gasteiger partial charge in [0, 0.05) is 0 Å². The number of carbonyl (C=O) groups is 2. The van der Waals surface area contributed by atoms with Crippen molar-refractivity contribution in [3.63, 3.8) is 0 Å². The molecule has 0 spiro atoms. The Bertz CT molecular complexity index is 615. The zero-order chi connectivity index (χ0) is 15.1. The standard InChI is InChI=1S/C17H19NO3/c1-10-8-12-13(9-11(10)2)17(20)18(16(12)19)14-6-4-5-7-15(14)21-3/h4-7,12-13H,8-9H2,1-3H3/t12-,13+. The second kappa shape index (κ2) is 5.02. The summed E-state index contributed by atoms with van der Waals surface area (Å²) < 4.78 is 5.29. The van der Waals surface area contributed by atoms with Crippen molar-refractivity contribution in [1.29, 1.82) is 0 Å². The van der Waals surface area contributed by atoms with Gasteiger partial charge in [0.1, 0.15) is 5.75 Å². The summed E-state index contributed by atoms with van der Waals surface area (Å²) in [6, 6.07) is 7.18. The van der Waals surface area contributed by atoms with E-state index in [1.165, 1.54) is 16.0 Å². The van der Waals surface area contributed by atoms with E-state index in [0.29, 0.717) is 24.3 Å². The molecule has 0 saturated carbocycles. The Morgan fingerprint density at radius 3 is 2.05 bits per heavy atom. The Balaban J connectivity index is 2.00. The first-order chi connectivity index (χ1) is 10.0. The lowest BCUT2D eigenvalue weighted by molar-refractivity contribution is -0.122. The van der Waals surface area contributed by atoms with Crippen LogP contribution in [0.25, 0.3) is 0 Å². The van der Waals surface area contributed by atoms with Crippen molar-refractivity contribution in [1.82, 2.24) is 0 Å². The van der Waals surface area contributed by atoms with Crippen LogP contribution < -0.4 is 9.64 Å². The zero-order valence-corrected chi connectivity index (χ0v) is 12.6. The molecule has 1 aromatic rings. The molecular weight excluding hydrogens is 266 g/mol. The van der Waals surface area contributed by atoms with E-state index in [4.69, 9.17) is 4.74 Å². The van der Waals surface area contributed by atoms with Crippen LogP contribution in [0.3, 0.4) is 0 Å². The summed E-state index contributed by atoms with van der Waals surface area (Å²) in [5, 5.41) is 0. The van der Waals surface area contributed by atoms with E-state index in [1.54, 1.807) is 19.2 Å². The van der Waals surface area contributed by atoms with Crippen molar-refractivity contribution in [2.24, 2.45) is 11.8 Å². The van der Waals surface area contributed by atoms with Gasteiger partial charge < -0.3 is 4.74 Å². The number of para-hydroxylation sites is 2. The van der Waals surface area contributed by atoms with E-state index in [2.05, 4.69) is 13.8 Å². The Morgan fingerprint density at radius 2 is 1.52 bits per heavy atom. The van der Waals surface area contributed by atoms with Gasteiger partial charge in [0.15, 0.2) is 0 Å². The third kappa shape index (κ3) is 2.06. The molecule has 0 radical (unpaired) electrons. The number of amides is 2. The maximum Gasteiger partial charge on any atom is 0.238 e. The van der Waals surface area contributed by atoms with Crippen LogP contribution in [0.1, 0.15) is 26.7 Å². The molecule has 4 heteroatoms. The molecule has 2 aliphatic rings. The Morgan fingerprint density at radius 1 is 1.00 bits per heavy atom. The molecule has 1 aromatic carbocycles. The van der Waals surface area contributed by atoms with Crippen molar-refractivity contribution in [2.45, 2.75) is 26.7 Å².